The van der Waals surface area contributed by atoms with Crippen molar-refractivity contribution in [1.29, 1.82) is 0 Å². The Bertz CT molecular complexity index is 973. The van der Waals surface area contributed by atoms with E-state index in [4.69, 9.17) is 4.74 Å². The van der Waals surface area contributed by atoms with Crippen LogP contribution in [-0.4, -0.2) is 32.0 Å². The first-order valence-electron chi connectivity index (χ1n) is 9.79. The fraction of sp³-hybridized carbons (Fsp3) is 0.167. The SMILES string of the molecule is COc1ccc(C(=O)Nc2ccccc2C(=O)NCCCNc2ccccc2)cc1. The van der Waals surface area contributed by atoms with E-state index < -0.39 is 0 Å². The number of carbonyl (C=O) groups excluding carboxylic acids is 2. The molecule has 0 radical (unpaired) electrons. The molecule has 3 aromatic carbocycles. The molecule has 0 aromatic heterocycles. The van der Waals surface area contributed by atoms with E-state index in [0.717, 1.165) is 18.7 Å². The first-order valence-corrected chi connectivity index (χ1v) is 9.79. The van der Waals surface area contributed by atoms with E-state index in [1.807, 2.05) is 30.3 Å². The molecule has 3 N–H and O–H groups in total. The van der Waals surface area contributed by atoms with Crippen molar-refractivity contribution < 1.29 is 14.3 Å². The normalized spacial score (nSPS) is 10.2. The number of para-hydroxylation sites is 2. The summed E-state index contributed by atoms with van der Waals surface area (Å²) in [5, 5.41) is 9.03. The maximum atomic E-state index is 12.6. The van der Waals surface area contributed by atoms with Crippen LogP contribution in [-0.2, 0) is 0 Å². The molecule has 0 saturated heterocycles. The molecule has 0 unspecified atom stereocenters. The standard InChI is InChI=1S/C24H25N3O3/c1-30-20-14-12-18(13-15-20)23(28)27-22-11-6-5-10-21(22)24(29)26-17-7-16-25-19-8-3-2-4-9-19/h2-6,8-15,25H,7,16-17H2,1H3,(H,26,29)(H,27,28). The quantitative estimate of drug-likeness (QED) is 0.468. The highest BCUT2D eigenvalue weighted by Gasteiger charge is 2.13. The van der Waals surface area contributed by atoms with E-state index >= 15 is 0 Å². The van der Waals surface area contributed by atoms with Crippen LogP contribution in [0.4, 0.5) is 11.4 Å². The number of hydrogen-bond acceptors (Lipinski definition) is 4. The van der Waals surface area contributed by atoms with Crippen LogP contribution in [0, 0.1) is 0 Å². The Morgan fingerprint density at radius 1 is 0.800 bits per heavy atom. The fourth-order valence-electron chi connectivity index (χ4n) is 2.90. The third-order valence-electron chi connectivity index (χ3n) is 4.51. The molecule has 154 valence electrons. The molecular weight excluding hydrogens is 378 g/mol. The lowest BCUT2D eigenvalue weighted by atomic mass is 10.1. The van der Waals surface area contributed by atoms with Crippen LogP contribution in [0.2, 0.25) is 0 Å². The van der Waals surface area contributed by atoms with Gasteiger partial charge in [0.1, 0.15) is 5.75 Å². The van der Waals surface area contributed by atoms with Gasteiger partial charge in [-0.1, -0.05) is 30.3 Å². The van der Waals surface area contributed by atoms with Gasteiger partial charge in [0.15, 0.2) is 0 Å². The lowest BCUT2D eigenvalue weighted by molar-refractivity contribution is 0.0954. The van der Waals surface area contributed by atoms with Crippen molar-refractivity contribution in [3.8, 4) is 5.75 Å². The zero-order valence-electron chi connectivity index (χ0n) is 16.9. The van der Waals surface area contributed by atoms with Gasteiger partial charge in [-0.25, -0.2) is 0 Å². The molecule has 0 bridgehead atoms. The summed E-state index contributed by atoms with van der Waals surface area (Å²) in [5.74, 6) is 0.165. The number of nitrogens with one attached hydrogen (secondary N) is 3. The molecule has 0 heterocycles. The Hall–Kier alpha value is -3.80. The van der Waals surface area contributed by atoms with E-state index in [-0.39, 0.29) is 11.8 Å². The lowest BCUT2D eigenvalue weighted by Gasteiger charge is -2.12. The van der Waals surface area contributed by atoms with Crippen LogP contribution in [0.3, 0.4) is 0 Å². The van der Waals surface area contributed by atoms with Gasteiger partial charge in [0.05, 0.1) is 18.4 Å². The predicted octanol–water partition coefficient (Wildman–Crippen LogP) is 4.18. The fourth-order valence-corrected chi connectivity index (χ4v) is 2.90. The number of anilines is 2. The molecule has 30 heavy (non-hydrogen) atoms. The Balaban J connectivity index is 1.53. The third kappa shape index (κ3) is 5.85. The van der Waals surface area contributed by atoms with E-state index in [2.05, 4.69) is 16.0 Å². The molecule has 6 nitrogen and oxygen atoms in total. The van der Waals surface area contributed by atoms with Gasteiger partial charge in [0, 0.05) is 24.3 Å². The molecule has 3 rings (SSSR count). The Morgan fingerprint density at radius 2 is 1.50 bits per heavy atom. The molecule has 0 aliphatic heterocycles. The van der Waals surface area contributed by atoms with Crippen molar-refractivity contribution in [3.63, 3.8) is 0 Å². The number of methoxy groups -OCH3 is 1. The van der Waals surface area contributed by atoms with Crippen LogP contribution in [0.5, 0.6) is 5.75 Å². The second-order valence-electron chi connectivity index (χ2n) is 6.63. The number of carbonyl (C=O) groups is 2. The van der Waals surface area contributed by atoms with E-state index in [1.54, 1.807) is 55.6 Å². The lowest BCUT2D eigenvalue weighted by Crippen LogP contribution is -2.27. The number of benzene rings is 3. The minimum Gasteiger partial charge on any atom is -0.497 e. The molecular formula is C24H25N3O3. The monoisotopic (exact) mass is 403 g/mol. The second-order valence-corrected chi connectivity index (χ2v) is 6.63. The molecule has 0 spiro atoms. The van der Waals surface area contributed by atoms with E-state index in [0.29, 0.717) is 29.1 Å². The highest BCUT2D eigenvalue weighted by molar-refractivity contribution is 6.09. The minimum absolute atomic E-state index is 0.222. The number of hydrogen-bond donors (Lipinski definition) is 3. The van der Waals surface area contributed by atoms with Gasteiger partial charge in [-0.2, -0.15) is 0 Å². The molecule has 2 amide bonds. The van der Waals surface area contributed by atoms with Crippen LogP contribution in [0.1, 0.15) is 27.1 Å². The Kier molecular flexibility index (Phi) is 7.44. The molecule has 0 atom stereocenters. The molecule has 0 saturated carbocycles. The molecule has 0 aliphatic rings. The van der Waals surface area contributed by atoms with Gasteiger partial charge >= 0.3 is 0 Å². The Labute approximate surface area is 176 Å². The maximum Gasteiger partial charge on any atom is 0.255 e. The van der Waals surface area contributed by atoms with Crippen LogP contribution in [0.25, 0.3) is 0 Å². The van der Waals surface area contributed by atoms with Crippen molar-refractivity contribution >= 4 is 23.2 Å². The van der Waals surface area contributed by atoms with Gasteiger partial charge in [-0.15, -0.1) is 0 Å². The molecule has 3 aromatic rings. The summed E-state index contributed by atoms with van der Waals surface area (Å²) in [5.41, 5.74) is 2.43. The summed E-state index contributed by atoms with van der Waals surface area (Å²) in [6.45, 7) is 1.28. The van der Waals surface area contributed by atoms with Crippen LogP contribution >= 0.6 is 0 Å². The average Bonchev–Trinajstić information content (AvgIpc) is 2.80. The summed E-state index contributed by atoms with van der Waals surface area (Å²) in [4.78, 5) is 25.1. The largest absolute Gasteiger partial charge is 0.497 e. The summed E-state index contributed by atoms with van der Waals surface area (Å²) in [6, 6.07) is 23.7. The van der Waals surface area contributed by atoms with Gasteiger partial charge in [0.2, 0.25) is 0 Å². The van der Waals surface area contributed by atoms with E-state index in [9.17, 15) is 9.59 Å². The second kappa shape index (κ2) is 10.7. The van der Waals surface area contributed by atoms with Gasteiger partial charge in [-0.3, -0.25) is 9.59 Å². The van der Waals surface area contributed by atoms with Crippen molar-refractivity contribution in [2.45, 2.75) is 6.42 Å². The highest BCUT2D eigenvalue weighted by Crippen LogP contribution is 2.18. The number of rotatable bonds is 9. The smallest absolute Gasteiger partial charge is 0.255 e. The maximum absolute atomic E-state index is 12.6. The molecule has 6 heteroatoms. The van der Waals surface area contributed by atoms with Crippen molar-refractivity contribution in [2.24, 2.45) is 0 Å². The van der Waals surface area contributed by atoms with Gasteiger partial charge in [0.25, 0.3) is 11.8 Å². The zero-order chi connectivity index (χ0) is 21.2. The Morgan fingerprint density at radius 3 is 2.23 bits per heavy atom. The molecule has 0 aliphatic carbocycles. The van der Waals surface area contributed by atoms with Crippen LogP contribution in [0.15, 0.2) is 78.9 Å². The summed E-state index contributed by atoms with van der Waals surface area (Å²) < 4.78 is 5.11. The summed E-state index contributed by atoms with van der Waals surface area (Å²) in [6.07, 6.45) is 0.779. The summed E-state index contributed by atoms with van der Waals surface area (Å²) in [7, 11) is 1.57. The highest BCUT2D eigenvalue weighted by atomic mass is 16.5. The van der Waals surface area contributed by atoms with Crippen molar-refractivity contribution in [1.82, 2.24) is 5.32 Å². The first-order chi connectivity index (χ1) is 14.7. The topological polar surface area (TPSA) is 79.5 Å². The minimum atomic E-state index is -0.287. The summed E-state index contributed by atoms with van der Waals surface area (Å²) >= 11 is 0. The van der Waals surface area contributed by atoms with Gasteiger partial charge in [-0.05, 0) is 55.0 Å². The van der Waals surface area contributed by atoms with Crippen LogP contribution < -0.4 is 20.7 Å². The average molecular weight is 403 g/mol. The number of amides is 2. The van der Waals surface area contributed by atoms with E-state index in [1.165, 1.54) is 0 Å². The molecule has 0 fully saturated rings. The van der Waals surface area contributed by atoms with Gasteiger partial charge < -0.3 is 20.7 Å². The van der Waals surface area contributed by atoms with Crippen molar-refractivity contribution in [2.75, 3.05) is 30.8 Å². The zero-order valence-corrected chi connectivity index (χ0v) is 16.9. The first kappa shape index (κ1) is 20.9. The third-order valence-corrected chi connectivity index (χ3v) is 4.51. The van der Waals surface area contributed by atoms with Crippen molar-refractivity contribution in [3.05, 3.63) is 90.0 Å². The predicted molar refractivity (Wildman–Crippen MR) is 119 cm³/mol. The number of ether oxygens (including phenoxy) is 1.